The standard InChI is InChI=1S/C17H15N3O2S/c1-2-11-20(13-7-4-3-5-8-13)15(21)12-23-17-19-16-14(22-17)9-6-10-18-16/h2-10H,1,11-12H2. The largest absolute Gasteiger partial charge is 0.430 e. The Hall–Kier alpha value is -2.60. The van der Waals surface area contributed by atoms with Crippen LogP contribution in [0, 0.1) is 0 Å². The molecule has 1 aromatic carbocycles. The third-order valence-electron chi connectivity index (χ3n) is 3.15. The van der Waals surface area contributed by atoms with E-state index in [4.69, 9.17) is 4.42 Å². The first-order valence-electron chi connectivity index (χ1n) is 7.08. The molecule has 0 spiro atoms. The van der Waals surface area contributed by atoms with E-state index in [1.807, 2.05) is 30.3 Å². The van der Waals surface area contributed by atoms with Crippen LogP contribution >= 0.6 is 11.8 Å². The highest BCUT2D eigenvalue weighted by Crippen LogP contribution is 2.23. The number of para-hydroxylation sites is 1. The number of hydrogen-bond donors (Lipinski definition) is 0. The van der Waals surface area contributed by atoms with Crippen LogP contribution in [0.3, 0.4) is 0 Å². The summed E-state index contributed by atoms with van der Waals surface area (Å²) in [4.78, 5) is 22.5. The van der Waals surface area contributed by atoms with Crippen LogP contribution in [0.25, 0.3) is 11.2 Å². The number of pyridine rings is 1. The van der Waals surface area contributed by atoms with Crippen LogP contribution in [0.15, 0.2) is 71.0 Å². The van der Waals surface area contributed by atoms with Crippen LogP contribution in [0.2, 0.25) is 0 Å². The number of carbonyl (C=O) groups is 1. The van der Waals surface area contributed by atoms with Crippen molar-refractivity contribution in [1.29, 1.82) is 0 Å². The lowest BCUT2D eigenvalue weighted by molar-refractivity contribution is -0.116. The summed E-state index contributed by atoms with van der Waals surface area (Å²) >= 11 is 1.26. The molecule has 0 saturated carbocycles. The molecule has 116 valence electrons. The van der Waals surface area contributed by atoms with Gasteiger partial charge in [0.1, 0.15) is 0 Å². The van der Waals surface area contributed by atoms with Gasteiger partial charge in [0.05, 0.1) is 5.75 Å². The summed E-state index contributed by atoms with van der Waals surface area (Å²) in [6.07, 6.45) is 3.37. The van der Waals surface area contributed by atoms with E-state index in [2.05, 4.69) is 16.5 Å². The van der Waals surface area contributed by atoms with Crippen molar-refractivity contribution in [3.05, 3.63) is 61.3 Å². The summed E-state index contributed by atoms with van der Waals surface area (Å²) in [6, 6.07) is 13.1. The monoisotopic (exact) mass is 325 g/mol. The molecular weight excluding hydrogens is 310 g/mol. The molecule has 0 radical (unpaired) electrons. The Bertz CT molecular complexity index is 784. The molecule has 0 atom stereocenters. The maximum Gasteiger partial charge on any atom is 0.258 e. The Morgan fingerprint density at radius 3 is 2.83 bits per heavy atom. The summed E-state index contributed by atoms with van der Waals surface area (Å²) in [5.74, 6) is 0.201. The van der Waals surface area contributed by atoms with E-state index >= 15 is 0 Å². The van der Waals surface area contributed by atoms with Crippen molar-refractivity contribution in [2.24, 2.45) is 0 Å². The molecule has 0 N–H and O–H groups in total. The minimum atomic E-state index is -0.0312. The van der Waals surface area contributed by atoms with Gasteiger partial charge < -0.3 is 9.32 Å². The van der Waals surface area contributed by atoms with Crippen LogP contribution in [-0.4, -0.2) is 28.2 Å². The van der Waals surface area contributed by atoms with Crippen LogP contribution in [0.4, 0.5) is 5.69 Å². The second-order valence-corrected chi connectivity index (χ2v) is 5.65. The molecule has 0 aliphatic heterocycles. The molecule has 2 aromatic heterocycles. The number of hydrogen-bond acceptors (Lipinski definition) is 5. The molecule has 0 bridgehead atoms. The highest BCUT2D eigenvalue weighted by atomic mass is 32.2. The molecule has 2 heterocycles. The van der Waals surface area contributed by atoms with E-state index in [1.54, 1.807) is 29.3 Å². The number of amides is 1. The molecule has 0 saturated heterocycles. The van der Waals surface area contributed by atoms with Crippen molar-refractivity contribution < 1.29 is 9.21 Å². The van der Waals surface area contributed by atoms with E-state index in [-0.39, 0.29) is 11.7 Å². The third-order valence-corrected chi connectivity index (χ3v) is 3.96. The highest BCUT2D eigenvalue weighted by molar-refractivity contribution is 7.99. The number of oxazole rings is 1. The zero-order valence-electron chi connectivity index (χ0n) is 12.4. The molecule has 0 aliphatic rings. The normalized spacial score (nSPS) is 10.6. The van der Waals surface area contributed by atoms with Gasteiger partial charge in [-0.05, 0) is 24.3 Å². The average Bonchev–Trinajstić information content (AvgIpc) is 3.01. The first-order valence-corrected chi connectivity index (χ1v) is 8.07. The van der Waals surface area contributed by atoms with Gasteiger partial charge in [0.2, 0.25) is 5.91 Å². The number of aromatic nitrogens is 2. The Labute approximate surface area is 138 Å². The van der Waals surface area contributed by atoms with Crippen LogP contribution in [0.1, 0.15) is 0 Å². The lowest BCUT2D eigenvalue weighted by Crippen LogP contribution is -2.32. The van der Waals surface area contributed by atoms with Crippen LogP contribution < -0.4 is 4.90 Å². The maximum absolute atomic E-state index is 12.5. The second-order valence-electron chi connectivity index (χ2n) is 4.72. The number of rotatable bonds is 6. The highest BCUT2D eigenvalue weighted by Gasteiger charge is 2.16. The number of fused-ring (bicyclic) bond motifs is 1. The van der Waals surface area contributed by atoms with Crippen molar-refractivity contribution in [3.63, 3.8) is 0 Å². The SMILES string of the molecule is C=CCN(C(=O)CSc1nc2ncccc2o1)c1ccccc1. The summed E-state index contributed by atoms with van der Waals surface area (Å²) in [5, 5.41) is 0.443. The van der Waals surface area contributed by atoms with Gasteiger partial charge in [-0.2, -0.15) is 4.98 Å². The molecule has 5 nitrogen and oxygen atoms in total. The van der Waals surface area contributed by atoms with Crippen molar-refractivity contribution in [3.8, 4) is 0 Å². The lowest BCUT2D eigenvalue weighted by atomic mass is 10.3. The summed E-state index contributed by atoms with van der Waals surface area (Å²) in [7, 11) is 0. The molecule has 6 heteroatoms. The second kappa shape index (κ2) is 7.11. The third kappa shape index (κ3) is 3.60. The Balaban J connectivity index is 1.70. The number of nitrogens with zero attached hydrogens (tertiary/aromatic N) is 3. The number of thioether (sulfide) groups is 1. The first kappa shape index (κ1) is 15.3. The predicted molar refractivity (Wildman–Crippen MR) is 91.5 cm³/mol. The summed E-state index contributed by atoms with van der Waals surface area (Å²) in [5.41, 5.74) is 2.01. The van der Waals surface area contributed by atoms with Crippen LogP contribution in [0.5, 0.6) is 0 Å². The number of anilines is 1. The fraction of sp³-hybridized carbons (Fsp3) is 0.118. The number of carbonyl (C=O) groups excluding carboxylic acids is 1. The molecule has 1 amide bonds. The minimum Gasteiger partial charge on any atom is -0.430 e. The zero-order chi connectivity index (χ0) is 16.1. The van der Waals surface area contributed by atoms with Gasteiger partial charge in [0.15, 0.2) is 11.2 Å². The fourth-order valence-electron chi connectivity index (χ4n) is 2.10. The summed E-state index contributed by atoms with van der Waals surface area (Å²) in [6.45, 7) is 4.17. The van der Waals surface area contributed by atoms with E-state index in [9.17, 15) is 4.79 Å². The molecule has 23 heavy (non-hydrogen) atoms. The van der Waals surface area contributed by atoms with Crippen molar-refractivity contribution in [2.45, 2.75) is 5.22 Å². The van der Waals surface area contributed by atoms with Gasteiger partial charge in [-0.1, -0.05) is 36.0 Å². The topological polar surface area (TPSA) is 59.2 Å². The summed E-state index contributed by atoms with van der Waals surface area (Å²) < 4.78 is 5.56. The van der Waals surface area contributed by atoms with Gasteiger partial charge in [-0.25, -0.2) is 4.98 Å². The van der Waals surface area contributed by atoms with E-state index in [0.29, 0.717) is 23.0 Å². The molecular formula is C17H15N3O2S. The van der Waals surface area contributed by atoms with E-state index in [0.717, 1.165) is 5.69 Å². The van der Waals surface area contributed by atoms with Crippen molar-refractivity contribution in [1.82, 2.24) is 9.97 Å². The van der Waals surface area contributed by atoms with Crippen molar-refractivity contribution in [2.75, 3.05) is 17.2 Å². The van der Waals surface area contributed by atoms with Gasteiger partial charge >= 0.3 is 0 Å². The maximum atomic E-state index is 12.5. The van der Waals surface area contributed by atoms with Gasteiger partial charge in [0, 0.05) is 18.4 Å². The zero-order valence-corrected chi connectivity index (χ0v) is 13.2. The molecule has 3 rings (SSSR count). The van der Waals surface area contributed by atoms with Gasteiger partial charge in [-0.3, -0.25) is 4.79 Å². The Morgan fingerprint density at radius 1 is 1.26 bits per heavy atom. The Morgan fingerprint density at radius 2 is 2.09 bits per heavy atom. The lowest BCUT2D eigenvalue weighted by Gasteiger charge is -2.20. The molecule has 0 aliphatic carbocycles. The predicted octanol–water partition coefficient (Wildman–Crippen LogP) is 3.53. The van der Waals surface area contributed by atoms with Crippen LogP contribution in [-0.2, 0) is 4.79 Å². The quantitative estimate of drug-likeness (QED) is 0.512. The average molecular weight is 325 g/mol. The molecule has 3 aromatic rings. The molecule has 0 fully saturated rings. The number of benzene rings is 1. The Kier molecular flexibility index (Phi) is 4.73. The van der Waals surface area contributed by atoms with Gasteiger partial charge in [0.25, 0.3) is 5.22 Å². The first-order chi connectivity index (χ1) is 11.3. The minimum absolute atomic E-state index is 0.0312. The van der Waals surface area contributed by atoms with Gasteiger partial charge in [-0.15, -0.1) is 6.58 Å². The molecule has 0 unspecified atom stereocenters. The van der Waals surface area contributed by atoms with E-state index in [1.165, 1.54) is 11.8 Å². The smallest absolute Gasteiger partial charge is 0.258 e. The fourth-order valence-corrected chi connectivity index (χ4v) is 2.80. The van der Waals surface area contributed by atoms with Crippen molar-refractivity contribution >= 4 is 34.6 Å². The van der Waals surface area contributed by atoms with E-state index < -0.39 is 0 Å².